The maximum atomic E-state index is 14.7. The molecule has 0 bridgehead atoms. The highest BCUT2D eigenvalue weighted by molar-refractivity contribution is 7.98. The molecule has 99 heavy (non-hydrogen) atoms. The Morgan fingerprint density at radius 3 is 1.79 bits per heavy atom. The first-order valence-electron chi connectivity index (χ1n) is 32.6. The summed E-state index contributed by atoms with van der Waals surface area (Å²) in [5.41, 5.74) is 27.6. The molecule has 1 saturated heterocycles. The summed E-state index contributed by atoms with van der Waals surface area (Å²) in [4.78, 5) is 202. The molecule has 0 spiro atoms. The molecule has 0 aromatic carbocycles. The zero-order valence-corrected chi connectivity index (χ0v) is 60.3. The van der Waals surface area contributed by atoms with Gasteiger partial charge in [0.05, 0.1) is 25.7 Å². The fourth-order valence-corrected chi connectivity index (χ4v) is 11.0. The van der Waals surface area contributed by atoms with E-state index >= 15 is 0 Å². The molecule has 562 valence electrons. The lowest BCUT2D eigenvalue weighted by Gasteiger charge is -2.34. The number of carbonyl (C=O) groups is 14. The number of nitrogens with one attached hydrogen (secondary N) is 11. The van der Waals surface area contributed by atoms with E-state index in [-0.39, 0.29) is 126 Å². The molecule has 14 amide bonds. The average molecular weight is 1460 g/mol. The Morgan fingerprint density at radius 2 is 1.23 bits per heavy atom. The molecule has 1 heterocycles. The lowest BCUT2D eigenvalue weighted by molar-refractivity contribution is -0.146. The number of rotatable bonds is 47. The Kier molecular flexibility index (Phi) is 43.1. The van der Waals surface area contributed by atoms with Crippen LogP contribution in [-0.2, 0) is 62.3 Å². The number of likely N-dealkylation sites (N-methyl/N-ethyl adjacent to an activating group) is 2. The third-order valence-corrected chi connectivity index (χ3v) is 17.0. The van der Waals surface area contributed by atoms with Gasteiger partial charge in [-0.15, -0.1) is 0 Å². The highest BCUT2D eigenvalue weighted by atomic mass is 32.2. The Bertz CT molecular complexity index is 2770. The minimum Gasteiger partial charge on any atom is -0.480 e. The second-order valence-corrected chi connectivity index (χ2v) is 25.5. The number of amides is 14. The first-order valence-corrected chi connectivity index (χ1v) is 35.3. The van der Waals surface area contributed by atoms with E-state index in [0.29, 0.717) is 12.8 Å². The van der Waals surface area contributed by atoms with E-state index in [2.05, 4.69) is 93.7 Å². The van der Waals surface area contributed by atoms with Crippen LogP contribution in [0.1, 0.15) is 105 Å². The Labute approximate surface area is 592 Å². The van der Waals surface area contributed by atoms with Crippen LogP contribution < -0.4 is 87.2 Å². The van der Waals surface area contributed by atoms with Gasteiger partial charge in [0, 0.05) is 51.8 Å². The quantitative estimate of drug-likeness (QED) is 0.0117. The van der Waals surface area contributed by atoms with E-state index in [1.54, 1.807) is 34.0 Å². The third kappa shape index (κ3) is 32.3. The predicted octanol–water partition coefficient (Wildman–Crippen LogP) is -6.80. The van der Waals surface area contributed by atoms with Gasteiger partial charge < -0.3 is 102 Å². The number of aliphatic imine (C=N–C) groups is 2. The van der Waals surface area contributed by atoms with Crippen LogP contribution in [0.4, 0.5) is 4.79 Å². The van der Waals surface area contributed by atoms with Crippen molar-refractivity contribution in [3.8, 4) is 0 Å². The smallest absolute Gasteiger partial charge is 0.326 e. The number of hydrogen-bond donors (Lipinski definition) is 20. The number of aliphatic hydroxyl groups is 1. The van der Waals surface area contributed by atoms with Crippen LogP contribution in [-0.4, -0.2) is 277 Å². The largest absolute Gasteiger partial charge is 0.480 e. The number of carboxylic acids is 1. The van der Waals surface area contributed by atoms with Crippen molar-refractivity contribution < 1.29 is 77.3 Å². The van der Waals surface area contributed by atoms with Crippen molar-refractivity contribution in [2.45, 2.75) is 166 Å². The number of hydrogen-bond acceptors (Lipinski definition) is 22. The number of imide groups is 1. The highest BCUT2D eigenvalue weighted by Gasteiger charge is 2.42. The number of nitrogens with zero attached hydrogens (tertiary/aromatic N) is 5. The minimum absolute atomic E-state index is 0.000914. The number of thiol groups is 2. The molecular formula is C59H107N21O16S3. The number of aliphatic hydroxyl groups excluding tert-OH is 1. The molecule has 0 aromatic heterocycles. The summed E-state index contributed by atoms with van der Waals surface area (Å²) in [5, 5.41) is 48.1. The van der Waals surface area contributed by atoms with E-state index in [9.17, 15) is 77.3 Å². The van der Waals surface area contributed by atoms with Gasteiger partial charge in [-0.3, -0.25) is 77.7 Å². The van der Waals surface area contributed by atoms with Crippen LogP contribution in [0, 0.1) is 11.8 Å². The highest BCUT2D eigenvalue weighted by Crippen LogP contribution is 2.21. The Hall–Kier alpha value is -7.95. The monoisotopic (exact) mass is 1460 g/mol. The summed E-state index contributed by atoms with van der Waals surface area (Å²) < 4.78 is 0. The number of unbranched alkanes of at least 4 members (excludes halogenated alkanes) is 1. The number of aliphatic carboxylic acids is 1. The summed E-state index contributed by atoms with van der Waals surface area (Å²) >= 11 is 9.74. The van der Waals surface area contributed by atoms with Crippen LogP contribution in [0.15, 0.2) is 9.98 Å². The first-order chi connectivity index (χ1) is 46.8. The lowest BCUT2D eigenvalue weighted by Crippen LogP contribution is -2.61. The van der Waals surface area contributed by atoms with Gasteiger partial charge in [-0.05, 0) is 102 Å². The molecule has 23 N–H and O–H groups in total. The average Bonchev–Trinajstić information content (AvgIpc) is 1.81. The molecule has 0 radical (unpaired) electrons. The summed E-state index contributed by atoms with van der Waals surface area (Å²) in [6, 6.07) is -14.9. The Morgan fingerprint density at radius 1 is 0.646 bits per heavy atom. The second kappa shape index (κ2) is 47.9. The normalized spacial score (nSPS) is 15.6. The third-order valence-electron chi connectivity index (χ3n) is 15.7. The topological polar surface area (TPSA) is 576 Å². The lowest BCUT2D eigenvalue weighted by atomic mass is 9.97. The van der Waals surface area contributed by atoms with Crippen LogP contribution >= 0.6 is 37.0 Å². The molecular weight excluding hydrogens is 1350 g/mol. The number of carboxylic acid groups (broad SMARTS) is 1. The van der Waals surface area contributed by atoms with Crippen molar-refractivity contribution in [1.29, 1.82) is 0 Å². The van der Waals surface area contributed by atoms with Gasteiger partial charge in [0.25, 0.3) is 5.91 Å². The Balaban J connectivity index is 3.52. The number of thioether (sulfide) groups is 1. The zero-order valence-electron chi connectivity index (χ0n) is 57.7. The molecule has 0 saturated carbocycles. The van der Waals surface area contributed by atoms with Gasteiger partial charge in [0.2, 0.25) is 65.0 Å². The molecule has 37 nitrogen and oxygen atoms in total. The van der Waals surface area contributed by atoms with E-state index in [0.717, 1.165) is 14.7 Å². The minimum atomic E-state index is -1.72. The van der Waals surface area contributed by atoms with Gasteiger partial charge >= 0.3 is 12.0 Å². The number of nitrogens with two attached hydrogens (primary N) is 5. The van der Waals surface area contributed by atoms with Gasteiger partial charge in [0.1, 0.15) is 60.9 Å². The summed E-state index contributed by atoms with van der Waals surface area (Å²) in [5.74, 6) is -12.9. The van der Waals surface area contributed by atoms with Crippen molar-refractivity contribution in [3.05, 3.63) is 0 Å². The van der Waals surface area contributed by atoms with E-state index in [4.69, 9.17) is 28.7 Å². The molecule has 1 fully saturated rings. The van der Waals surface area contributed by atoms with Crippen molar-refractivity contribution in [2.75, 3.05) is 96.6 Å². The van der Waals surface area contributed by atoms with E-state index in [1.807, 2.05) is 0 Å². The standard InChI is InChI=1S/C59H107N21O16S3/c1-9-33(4)46(77-49(87)35(16-12-20-67-57(61)62)72-47(85)34(5)71-51(89)40(30-97)69-26-43(82)65-6)53(91)75-39(29-81)50(88)74-38(25-32(2)3)48(86)70-27-45(84)78-22-13-17-41(78)55(93)79(23-14-21-68-58(63)64)59(96)76-36(18-24-99-8)54(92)80(28-44(83)66-7)42(31-98)52(90)73-37(56(94)95)15-10-11-19-60/h32-42,46,69,81,97-98H,9-31,60H2,1-8H3,(H,65,82)(H,66,83)(H,70,86)(H,71,89)(H,72,85)(H,73,90)(H,74,88)(H,75,91)(H,76,96)(H,77,87)(H,94,95)(H4,61,62,67)(H4,63,64,68)/t33-,34-,35-,36-,37-,38-,39-,40-,41-,42-,46-/m1/s1. The molecule has 1 aliphatic heterocycles. The van der Waals surface area contributed by atoms with Crippen LogP contribution in [0.25, 0.3) is 0 Å². The fraction of sp³-hybridized carbons (Fsp3) is 0.729. The second-order valence-electron chi connectivity index (χ2n) is 23.8. The summed E-state index contributed by atoms with van der Waals surface area (Å²) in [7, 11) is 2.70. The zero-order chi connectivity index (χ0) is 75.1. The SMILES string of the molecule is CC[C@@H](C)[C@@H](NC(=O)[C@@H](CCCN=C(N)N)NC(=O)[C@@H](C)NC(=O)[C@@H](CS)NCC(=O)NC)C(=O)N[C@H](CO)C(=O)N[C@H](CC(C)C)C(=O)NCC(=O)N1CCC[C@@H]1C(=O)N(CCCN=C(N)N)C(=O)N[C@H](CCSC)C(=O)N(CC(=O)NC)[C@H](CS)C(=O)N[C@H](CCCCN)C(=O)O. The number of urea groups is 1. The van der Waals surface area contributed by atoms with Gasteiger partial charge in [-0.25, -0.2) is 9.59 Å². The van der Waals surface area contributed by atoms with Crippen molar-refractivity contribution in [2.24, 2.45) is 50.5 Å². The number of guanidine groups is 2. The fourth-order valence-electron chi connectivity index (χ4n) is 9.85. The molecule has 40 heteroatoms. The predicted molar refractivity (Wildman–Crippen MR) is 377 cm³/mol. The van der Waals surface area contributed by atoms with Crippen molar-refractivity contribution in [3.63, 3.8) is 0 Å². The molecule has 0 aromatic rings. The summed E-state index contributed by atoms with van der Waals surface area (Å²) in [6.45, 7) is 5.31. The van der Waals surface area contributed by atoms with Gasteiger partial charge in [-0.1, -0.05) is 34.1 Å². The van der Waals surface area contributed by atoms with Crippen LogP contribution in [0.3, 0.4) is 0 Å². The molecule has 11 atom stereocenters. The molecule has 1 aliphatic rings. The van der Waals surface area contributed by atoms with E-state index < -0.39 is 175 Å². The van der Waals surface area contributed by atoms with Crippen molar-refractivity contribution in [1.82, 2.24) is 73.2 Å². The van der Waals surface area contributed by atoms with Crippen LogP contribution in [0.5, 0.6) is 0 Å². The first kappa shape index (κ1) is 89.1. The van der Waals surface area contributed by atoms with E-state index in [1.165, 1.54) is 32.8 Å². The van der Waals surface area contributed by atoms with Crippen LogP contribution in [0.2, 0.25) is 0 Å². The number of carbonyl (C=O) groups excluding carboxylic acids is 13. The van der Waals surface area contributed by atoms with Gasteiger partial charge in [-0.2, -0.15) is 37.0 Å². The summed E-state index contributed by atoms with van der Waals surface area (Å²) in [6.07, 6.45) is 3.02. The number of likely N-dealkylation sites (tertiary alicyclic amines) is 1. The maximum Gasteiger partial charge on any atom is 0.326 e. The van der Waals surface area contributed by atoms with Crippen molar-refractivity contribution >= 4 is 132 Å². The maximum absolute atomic E-state index is 14.7. The molecule has 0 aliphatic carbocycles. The molecule has 1 rings (SSSR count). The van der Waals surface area contributed by atoms with Gasteiger partial charge in [0.15, 0.2) is 11.9 Å². The molecule has 0 unspecified atom stereocenters.